The van der Waals surface area contributed by atoms with Gasteiger partial charge in [-0.05, 0) is 51.1 Å². The van der Waals surface area contributed by atoms with E-state index < -0.39 is 6.61 Å². The first-order valence-electron chi connectivity index (χ1n) is 7.04. The van der Waals surface area contributed by atoms with Gasteiger partial charge in [-0.15, -0.1) is 0 Å². The fraction of sp³-hybridized carbons (Fsp3) is 0.600. The lowest BCUT2D eigenvalue weighted by molar-refractivity contribution is -0.0499. The zero-order valence-corrected chi connectivity index (χ0v) is 12.0. The maximum atomic E-state index is 12.2. The molecule has 0 saturated carbocycles. The third-order valence-corrected chi connectivity index (χ3v) is 3.91. The maximum Gasteiger partial charge on any atom is 0.387 e. The van der Waals surface area contributed by atoms with Crippen molar-refractivity contribution in [2.45, 2.75) is 38.5 Å². The van der Waals surface area contributed by atoms with Crippen molar-refractivity contribution < 1.29 is 13.5 Å². The summed E-state index contributed by atoms with van der Waals surface area (Å²) in [5.41, 5.74) is 0.962. The zero-order valence-electron chi connectivity index (χ0n) is 12.0. The van der Waals surface area contributed by atoms with Gasteiger partial charge in [0.25, 0.3) is 0 Å². The van der Waals surface area contributed by atoms with E-state index in [2.05, 4.69) is 22.0 Å². The van der Waals surface area contributed by atoms with E-state index in [9.17, 15) is 8.78 Å². The number of likely N-dealkylation sites (N-methyl/N-ethyl adjacent to an activating group) is 1. The summed E-state index contributed by atoms with van der Waals surface area (Å²) in [6.07, 6.45) is 2.46. The van der Waals surface area contributed by atoms with Crippen molar-refractivity contribution in [3.63, 3.8) is 0 Å². The first-order chi connectivity index (χ1) is 9.56. The molecular formula is C15H22F2N2O. The van der Waals surface area contributed by atoms with Crippen LogP contribution in [-0.4, -0.2) is 37.7 Å². The number of alkyl halides is 2. The number of rotatable bonds is 6. The maximum absolute atomic E-state index is 12.2. The highest BCUT2D eigenvalue weighted by molar-refractivity contribution is 5.30. The van der Waals surface area contributed by atoms with E-state index in [0.717, 1.165) is 18.7 Å². The molecule has 2 rings (SSSR count). The standard InChI is InChI=1S/C15H22F2N2O/c1-11(18-10-13-6-4-8-19(13)2)12-5-3-7-14(9-12)20-15(16)17/h3,5,7,9,11,13,15,18H,4,6,8,10H2,1-2H3. The number of hydrogen-bond acceptors (Lipinski definition) is 3. The molecule has 1 aliphatic rings. The third-order valence-electron chi connectivity index (χ3n) is 3.91. The summed E-state index contributed by atoms with van der Waals surface area (Å²) in [5.74, 6) is 0.212. The van der Waals surface area contributed by atoms with Crippen LogP contribution in [0, 0.1) is 0 Å². The van der Waals surface area contributed by atoms with Gasteiger partial charge in [0.05, 0.1) is 0 Å². The molecule has 0 spiro atoms. The normalized spacial score (nSPS) is 21.4. The highest BCUT2D eigenvalue weighted by Crippen LogP contribution is 2.21. The van der Waals surface area contributed by atoms with Gasteiger partial charge < -0.3 is 15.0 Å². The largest absolute Gasteiger partial charge is 0.435 e. The van der Waals surface area contributed by atoms with Crippen molar-refractivity contribution in [2.75, 3.05) is 20.1 Å². The molecule has 0 bridgehead atoms. The Labute approximate surface area is 118 Å². The van der Waals surface area contributed by atoms with Crippen LogP contribution in [0.3, 0.4) is 0 Å². The molecule has 1 aliphatic heterocycles. The van der Waals surface area contributed by atoms with Gasteiger partial charge in [-0.3, -0.25) is 0 Å². The van der Waals surface area contributed by atoms with Crippen molar-refractivity contribution in [3.05, 3.63) is 29.8 Å². The van der Waals surface area contributed by atoms with E-state index in [0.29, 0.717) is 6.04 Å². The number of benzene rings is 1. The van der Waals surface area contributed by atoms with Crippen LogP contribution in [0.5, 0.6) is 5.75 Å². The van der Waals surface area contributed by atoms with Crippen molar-refractivity contribution in [1.82, 2.24) is 10.2 Å². The minimum atomic E-state index is -2.78. The second-order valence-corrected chi connectivity index (χ2v) is 5.36. The summed E-state index contributed by atoms with van der Waals surface area (Å²) in [4.78, 5) is 2.36. The quantitative estimate of drug-likeness (QED) is 0.869. The summed E-state index contributed by atoms with van der Waals surface area (Å²) < 4.78 is 28.8. The lowest BCUT2D eigenvalue weighted by Gasteiger charge is -2.23. The average molecular weight is 284 g/mol. The molecule has 1 N–H and O–H groups in total. The Bertz CT molecular complexity index is 428. The first-order valence-corrected chi connectivity index (χ1v) is 7.04. The van der Waals surface area contributed by atoms with E-state index in [4.69, 9.17) is 0 Å². The Hall–Kier alpha value is -1.20. The summed E-state index contributed by atoms with van der Waals surface area (Å²) in [6.45, 7) is 1.33. The lowest BCUT2D eigenvalue weighted by atomic mass is 10.1. The minimum Gasteiger partial charge on any atom is -0.435 e. The van der Waals surface area contributed by atoms with Crippen LogP contribution >= 0.6 is 0 Å². The Morgan fingerprint density at radius 1 is 1.45 bits per heavy atom. The summed E-state index contributed by atoms with van der Waals surface area (Å²) in [6, 6.07) is 7.57. The van der Waals surface area contributed by atoms with Crippen LogP contribution in [0.4, 0.5) is 8.78 Å². The van der Waals surface area contributed by atoms with Crippen molar-refractivity contribution in [1.29, 1.82) is 0 Å². The zero-order chi connectivity index (χ0) is 14.5. The molecule has 2 unspecified atom stereocenters. The van der Waals surface area contributed by atoms with Gasteiger partial charge >= 0.3 is 6.61 Å². The van der Waals surface area contributed by atoms with E-state index in [1.807, 2.05) is 13.0 Å². The predicted octanol–water partition coefficient (Wildman–Crippen LogP) is 3.03. The van der Waals surface area contributed by atoms with Gasteiger partial charge in [0.1, 0.15) is 5.75 Å². The Morgan fingerprint density at radius 3 is 2.90 bits per heavy atom. The van der Waals surface area contributed by atoms with E-state index >= 15 is 0 Å². The molecule has 1 fully saturated rings. The van der Waals surface area contributed by atoms with E-state index in [-0.39, 0.29) is 11.8 Å². The molecule has 3 nitrogen and oxygen atoms in total. The van der Waals surface area contributed by atoms with Gasteiger partial charge in [-0.1, -0.05) is 12.1 Å². The van der Waals surface area contributed by atoms with Crippen molar-refractivity contribution in [3.8, 4) is 5.75 Å². The summed E-state index contributed by atoms with van der Waals surface area (Å²) in [7, 11) is 2.14. The van der Waals surface area contributed by atoms with E-state index in [1.54, 1.807) is 18.2 Å². The third kappa shape index (κ3) is 4.15. The Kier molecular flexibility index (Phi) is 5.31. The molecule has 112 valence electrons. The minimum absolute atomic E-state index is 0.116. The molecule has 5 heteroatoms. The summed E-state index contributed by atoms with van der Waals surface area (Å²) >= 11 is 0. The van der Waals surface area contributed by atoms with Gasteiger partial charge in [0.2, 0.25) is 0 Å². The SMILES string of the molecule is CC(NCC1CCCN1C)c1cccc(OC(F)F)c1. The van der Waals surface area contributed by atoms with Crippen LogP contribution in [-0.2, 0) is 0 Å². The second-order valence-electron chi connectivity index (χ2n) is 5.36. The number of halogens is 2. The number of nitrogens with one attached hydrogen (secondary N) is 1. The molecule has 1 saturated heterocycles. The van der Waals surface area contributed by atoms with Crippen LogP contribution in [0.15, 0.2) is 24.3 Å². The Morgan fingerprint density at radius 2 is 2.25 bits per heavy atom. The molecule has 1 heterocycles. The Balaban J connectivity index is 1.89. The fourth-order valence-corrected chi connectivity index (χ4v) is 2.63. The average Bonchev–Trinajstić information content (AvgIpc) is 2.81. The molecular weight excluding hydrogens is 262 g/mol. The van der Waals surface area contributed by atoms with Crippen LogP contribution in [0.1, 0.15) is 31.4 Å². The van der Waals surface area contributed by atoms with Gasteiger partial charge in [-0.2, -0.15) is 8.78 Å². The number of hydrogen-bond donors (Lipinski definition) is 1. The smallest absolute Gasteiger partial charge is 0.387 e. The molecule has 1 aromatic rings. The van der Waals surface area contributed by atoms with Crippen molar-refractivity contribution in [2.24, 2.45) is 0 Å². The lowest BCUT2D eigenvalue weighted by Crippen LogP contribution is -2.36. The molecule has 0 radical (unpaired) electrons. The number of nitrogens with zero attached hydrogens (tertiary/aromatic N) is 1. The fourth-order valence-electron chi connectivity index (χ4n) is 2.63. The summed E-state index contributed by atoms with van der Waals surface area (Å²) in [5, 5.41) is 3.47. The van der Waals surface area contributed by atoms with Gasteiger partial charge in [-0.25, -0.2) is 0 Å². The molecule has 20 heavy (non-hydrogen) atoms. The van der Waals surface area contributed by atoms with Gasteiger partial charge in [0, 0.05) is 18.6 Å². The van der Waals surface area contributed by atoms with Crippen LogP contribution in [0.25, 0.3) is 0 Å². The highest BCUT2D eigenvalue weighted by Gasteiger charge is 2.21. The molecule has 0 aliphatic carbocycles. The van der Waals surface area contributed by atoms with Gasteiger partial charge in [0.15, 0.2) is 0 Å². The first kappa shape index (κ1) is 15.2. The number of likely N-dealkylation sites (tertiary alicyclic amines) is 1. The molecule has 0 aromatic heterocycles. The molecule has 1 aromatic carbocycles. The monoisotopic (exact) mass is 284 g/mol. The molecule has 2 atom stereocenters. The van der Waals surface area contributed by atoms with Crippen molar-refractivity contribution >= 4 is 0 Å². The predicted molar refractivity (Wildman–Crippen MR) is 75.1 cm³/mol. The topological polar surface area (TPSA) is 24.5 Å². The highest BCUT2D eigenvalue weighted by atomic mass is 19.3. The van der Waals surface area contributed by atoms with E-state index in [1.165, 1.54) is 12.8 Å². The number of ether oxygens (including phenoxy) is 1. The molecule has 0 amide bonds. The second kappa shape index (κ2) is 6.99. The van der Waals surface area contributed by atoms with Crippen LogP contribution < -0.4 is 10.1 Å². The van der Waals surface area contributed by atoms with Crippen LogP contribution in [0.2, 0.25) is 0 Å².